The lowest BCUT2D eigenvalue weighted by atomic mass is 9.97. The lowest BCUT2D eigenvalue weighted by Gasteiger charge is -2.26. The van der Waals surface area contributed by atoms with Crippen molar-refractivity contribution in [2.24, 2.45) is 0 Å². The van der Waals surface area contributed by atoms with E-state index in [1.807, 2.05) is 0 Å². The van der Waals surface area contributed by atoms with E-state index in [0.717, 1.165) is 25.7 Å². The molecule has 1 aromatic rings. The van der Waals surface area contributed by atoms with Crippen molar-refractivity contribution in [2.75, 3.05) is 6.61 Å². The minimum Gasteiger partial charge on any atom is -0.394 e. The van der Waals surface area contributed by atoms with E-state index in [0.29, 0.717) is 11.7 Å². The molecule has 1 aliphatic carbocycles. The molecule has 6 nitrogen and oxygen atoms in total. The van der Waals surface area contributed by atoms with Crippen LogP contribution in [0.3, 0.4) is 0 Å². The first-order valence-electron chi connectivity index (χ1n) is 5.53. The zero-order valence-electron chi connectivity index (χ0n) is 8.99. The van der Waals surface area contributed by atoms with Crippen LogP contribution < -0.4 is 0 Å². The molecule has 7 heteroatoms. The summed E-state index contributed by atoms with van der Waals surface area (Å²) in [7, 11) is 0. The second-order valence-electron chi connectivity index (χ2n) is 3.92. The lowest BCUT2D eigenvalue weighted by Crippen LogP contribution is -2.27. The quantitative estimate of drug-likeness (QED) is 0.779. The lowest BCUT2D eigenvalue weighted by molar-refractivity contribution is 0.136. The van der Waals surface area contributed by atoms with Gasteiger partial charge in [-0.15, -0.1) is 5.10 Å². The van der Waals surface area contributed by atoms with Crippen molar-refractivity contribution in [3.05, 3.63) is 0 Å². The predicted octanol–water partition coefficient (Wildman–Crippen LogP) is 0.0610. The molecule has 2 N–H and O–H groups in total. The van der Waals surface area contributed by atoms with Crippen molar-refractivity contribution >= 4 is 11.8 Å². The molecule has 0 bridgehead atoms. The highest BCUT2D eigenvalue weighted by atomic mass is 32.2. The number of aliphatic hydroxyl groups excluding tert-OH is 2. The summed E-state index contributed by atoms with van der Waals surface area (Å²) in [6, 6.07) is 0. The molecule has 0 saturated heterocycles. The molecular formula is C9H16N4O2S. The average molecular weight is 244 g/mol. The van der Waals surface area contributed by atoms with E-state index >= 15 is 0 Å². The summed E-state index contributed by atoms with van der Waals surface area (Å²) in [5.74, 6) is 0. The Morgan fingerprint density at radius 2 is 2.19 bits per heavy atom. The Hall–Kier alpha value is -0.660. The molecule has 0 radical (unpaired) electrons. The normalized spacial score (nSPS) is 25.9. The molecule has 1 heterocycles. The van der Waals surface area contributed by atoms with Gasteiger partial charge >= 0.3 is 0 Å². The molecular weight excluding hydrogens is 228 g/mol. The Kier molecular flexibility index (Phi) is 4.14. The van der Waals surface area contributed by atoms with Crippen LogP contribution in [0, 0.1) is 0 Å². The molecule has 1 fully saturated rings. The zero-order valence-corrected chi connectivity index (χ0v) is 9.81. The third-order valence-corrected chi connectivity index (χ3v) is 4.09. The summed E-state index contributed by atoms with van der Waals surface area (Å²) in [5, 5.41) is 30.8. The molecule has 2 atom stereocenters. The molecule has 16 heavy (non-hydrogen) atoms. The van der Waals surface area contributed by atoms with Gasteiger partial charge in [0.25, 0.3) is 0 Å². The van der Waals surface area contributed by atoms with Crippen molar-refractivity contribution in [1.82, 2.24) is 20.2 Å². The van der Waals surface area contributed by atoms with E-state index in [1.165, 1.54) is 11.8 Å². The van der Waals surface area contributed by atoms with Crippen LogP contribution in [0.15, 0.2) is 5.16 Å². The summed E-state index contributed by atoms with van der Waals surface area (Å²) >= 11 is 1.51. The Morgan fingerprint density at radius 3 is 2.94 bits per heavy atom. The van der Waals surface area contributed by atoms with Gasteiger partial charge in [-0.25, -0.2) is 4.68 Å². The van der Waals surface area contributed by atoms with Crippen LogP contribution in [0.4, 0.5) is 0 Å². The molecule has 0 aliphatic heterocycles. The Morgan fingerprint density at radius 1 is 1.38 bits per heavy atom. The van der Waals surface area contributed by atoms with Crippen molar-refractivity contribution in [1.29, 1.82) is 0 Å². The first-order chi connectivity index (χ1) is 7.81. The van der Waals surface area contributed by atoms with Crippen molar-refractivity contribution in [2.45, 2.75) is 48.7 Å². The molecule has 0 amide bonds. The van der Waals surface area contributed by atoms with E-state index < -0.39 is 0 Å². The van der Waals surface area contributed by atoms with Gasteiger partial charge in [-0.3, -0.25) is 0 Å². The van der Waals surface area contributed by atoms with Crippen LogP contribution in [0.2, 0.25) is 0 Å². The van der Waals surface area contributed by atoms with Crippen LogP contribution in [0.25, 0.3) is 0 Å². The summed E-state index contributed by atoms with van der Waals surface area (Å²) < 4.78 is 1.58. The van der Waals surface area contributed by atoms with Crippen LogP contribution in [-0.2, 0) is 6.54 Å². The van der Waals surface area contributed by atoms with Crippen molar-refractivity contribution in [3.63, 3.8) is 0 Å². The fraction of sp³-hybridized carbons (Fsp3) is 0.889. The van der Waals surface area contributed by atoms with Crippen LogP contribution >= 0.6 is 11.8 Å². The van der Waals surface area contributed by atoms with Crippen LogP contribution in [0.1, 0.15) is 25.7 Å². The first-order valence-corrected chi connectivity index (χ1v) is 6.41. The minimum absolute atomic E-state index is 0.0197. The maximum Gasteiger partial charge on any atom is 0.209 e. The maximum atomic E-state index is 9.84. The number of aliphatic hydroxyl groups is 2. The number of thioether (sulfide) groups is 1. The van der Waals surface area contributed by atoms with Gasteiger partial charge in [0.05, 0.1) is 19.3 Å². The first kappa shape index (κ1) is 11.8. The number of rotatable bonds is 4. The maximum absolute atomic E-state index is 9.84. The Labute approximate surface area is 98.0 Å². The van der Waals surface area contributed by atoms with Gasteiger partial charge in [-0.2, -0.15) is 0 Å². The molecule has 2 rings (SSSR count). The third-order valence-electron chi connectivity index (χ3n) is 2.74. The van der Waals surface area contributed by atoms with E-state index in [1.54, 1.807) is 4.68 Å². The van der Waals surface area contributed by atoms with Gasteiger partial charge in [-0.05, 0) is 23.3 Å². The third kappa shape index (κ3) is 2.72. The smallest absolute Gasteiger partial charge is 0.209 e. The summed E-state index contributed by atoms with van der Waals surface area (Å²) in [5.41, 5.74) is 0. The van der Waals surface area contributed by atoms with Crippen LogP contribution in [0.5, 0.6) is 0 Å². The molecule has 1 aliphatic rings. The monoisotopic (exact) mass is 244 g/mol. The molecule has 1 saturated carbocycles. The largest absolute Gasteiger partial charge is 0.394 e. The number of hydrogen-bond donors (Lipinski definition) is 2. The Bertz CT molecular complexity index is 333. The number of nitrogens with zero attached hydrogens (tertiary/aromatic N) is 4. The van der Waals surface area contributed by atoms with Gasteiger partial charge in [0.1, 0.15) is 0 Å². The highest BCUT2D eigenvalue weighted by Gasteiger charge is 2.25. The zero-order chi connectivity index (χ0) is 11.4. The predicted molar refractivity (Wildman–Crippen MR) is 59.0 cm³/mol. The van der Waals surface area contributed by atoms with Gasteiger partial charge in [-0.1, -0.05) is 24.6 Å². The molecule has 1 aromatic heterocycles. The van der Waals surface area contributed by atoms with Gasteiger partial charge in [0.2, 0.25) is 5.16 Å². The number of tetrazole rings is 1. The molecule has 2 unspecified atom stereocenters. The highest BCUT2D eigenvalue weighted by molar-refractivity contribution is 7.99. The molecule has 0 spiro atoms. The average Bonchev–Trinajstić information content (AvgIpc) is 2.70. The van der Waals surface area contributed by atoms with E-state index in [2.05, 4.69) is 15.5 Å². The van der Waals surface area contributed by atoms with Crippen molar-refractivity contribution < 1.29 is 10.2 Å². The summed E-state index contributed by atoms with van der Waals surface area (Å²) in [6.07, 6.45) is 3.84. The fourth-order valence-corrected chi connectivity index (χ4v) is 3.05. The second kappa shape index (κ2) is 5.60. The standard InChI is InChI=1S/C9H16N4O2S/c14-6-5-13-9(10-11-12-13)16-8-4-2-1-3-7(8)15/h7-8,14-15H,1-6H2. The Balaban J connectivity index is 1.99. The van der Waals surface area contributed by atoms with E-state index in [9.17, 15) is 5.11 Å². The number of hydrogen-bond acceptors (Lipinski definition) is 6. The summed E-state index contributed by atoms with van der Waals surface area (Å²) in [4.78, 5) is 0. The van der Waals surface area contributed by atoms with E-state index in [-0.39, 0.29) is 18.0 Å². The van der Waals surface area contributed by atoms with Gasteiger partial charge in [0, 0.05) is 5.25 Å². The minimum atomic E-state index is -0.266. The SMILES string of the molecule is OCCn1nnnc1SC1CCCCC1O. The van der Waals surface area contributed by atoms with Gasteiger partial charge in [0.15, 0.2) is 0 Å². The van der Waals surface area contributed by atoms with Crippen molar-refractivity contribution in [3.8, 4) is 0 Å². The fourth-order valence-electron chi connectivity index (χ4n) is 1.87. The topological polar surface area (TPSA) is 84.1 Å². The second-order valence-corrected chi connectivity index (χ2v) is 5.12. The van der Waals surface area contributed by atoms with Crippen LogP contribution in [-0.4, -0.2) is 48.4 Å². The summed E-state index contributed by atoms with van der Waals surface area (Å²) in [6.45, 7) is 0.421. The van der Waals surface area contributed by atoms with E-state index in [4.69, 9.17) is 5.11 Å². The van der Waals surface area contributed by atoms with Gasteiger partial charge < -0.3 is 10.2 Å². The molecule has 90 valence electrons. The molecule has 0 aromatic carbocycles. The number of aromatic nitrogens is 4. The highest BCUT2D eigenvalue weighted by Crippen LogP contribution is 2.32.